The molecular formula is C14H22INO2. The molecule has 4 heteroatoms. The van der Waals surface area contributed by atoms with E-state index in [1.807, 2.05) is 24.3 Å². The van der Waals surface area contributed by atoms with Crippen molar-refractivity contribution >= 4 is 22.6 Å². The summed E-state index contributed by atoms with van der Waals surface area (Å²) < 4.78 is 12.3. The SMILES string of the molecule is CC(C)(C)NCCOCCOc1ccc(I)cc1. The van der Waals surface area contributed by atoms with E-state index in [9.17, 15) is 0 Å². The van der Waals surface area contributed by atoms with Crippen molar-refractivity contribution in [2.24, 2.45) is 0 Å². The molecule has 1 N–H and O–H groups in total. The van der Waals surface area contributed by atoms with Crippen LogP contribution in [0.25, 0.3) is 0 Å². The van der Waals surface area contributed by atoms with Crippen LogP contribution in [0.2, 0.25) is 0 Å². The maximum atomic E-state index is 5.56. The molecule has 102 valence electrons. The number of benzene rings is 1. The number of rotatable bonds is 7. The van der Waals surface area contributed by atoms with Gasteiger partial charge < -0.3 is 14.8 Å². The third-order valence-corrected chi connectivity index (χ3v) is 2.93. The lowest BCUT2D eigenvalue weighted by Crippen LogP contribution is -2.38. The molecule has 0 bridgehead atoms. The fraction of sp³-hybridized carbons (Fsp3) is 0.571. The van der Waals surface area contributed by atoms with Crippen molar-refractivity contribution in [2.45, 2.75) is 26.3 Å². The zero-order valence-electron chi connectivity index (χ0n) is 11.3. The lowest BCUT2D eigenvalue weighted by molar-refractivity contribution is 0.0985. The highest BCUT2D eigenvalue weighted by Crippen LogP contribution is 2.13. The van der Waals surface area contributed by atoms with Crippen LogP contribution in [-0.4, -0.2) is 31.9 Å². The number of ether oxygens (including phenoxy) is 2. The van der Waals surface area contributed by atoms with Crippen LogP contribution in [0.5, 0.6) is 5.75 Å². The molecule has 0 amide bonds. The third kappa shape index (κ3) is 7.89. The number of nitrogens with one attached hydrogen (secondary N) is 1. The smallest absolute Gasteiger partial charge is 0.119 e. The fourth-order valence-electron chi connectivity index (χ4n) is 1.35. The van der Waals surface area contributed by atoms with Gasteiger partial charge in [0, 0.05) is 15.7 Å². The maximum absolute atomic E-state index is 5.56. The van der Waals surface area contributed by atoms with Crippen molar-refractivity contribution in [1.29, 1.82) is 0 Å². The standard InChI is InChI=1S/C14H22INO2/c1-14(2,3)16-8-9-17-10-11-18-13-6-4-12(15)5-7-13/h4-7,16H,8-11H2,1-3H3. The molecular weight excluding hydrogens is 341 g/mol. The Morgan fingerprint density at radius 1 is 1.06 bits per heavy atom. The minimum absolute atomic E-state index is 0.154. The Labute approximate surface area is 123 Å². The van der Waals surface area contributed by atoms with E-state index < -0.39 is 0 Å². The Hall–Kier alpha value is -0.330. The Kier molecular flexibility index (Phi) is 6.96. The second-order valence-corrected chi connectivity index (χ2v) is 6.34. The van der Waals surface area contributed by atoms with Gasteiger partial charge in [0.2, 0.25) is 0 Å². The highest BCUT2D eigenvalue weighted by molar-refractivity contribution is 14.1. The van der Waals surface area contributed by atoms with Gasteiger partial charge in [-0.05, 0) is 67.6 Å². The van der Waals surface area contributed by atoms with E-state index in [2.05, 4.69) is 48.7 Å². The first kappa shape index (κ1) is 15.7. The zero-order chi connectivity index (χ0) is 13.4. The van der Waals surface area contributed by atoms with Gasteiger partial charge in [-0.3, -0.25) is 0 Å². The minimum Gasteiger partial charge on any atom is -0.491 e. The minimum atomic E-state index is 0.154. The molecule has 0 unspecified atom stereocenters. The lowest BCUT2D eigenvalue weighted by atomic mass is 10.1. The van der Waals surface area contributed by atoms with Gasteiger partial charge >= 0.3 is 0 Å². The monoisotopic (exact) mass is 363 g/mol. The molecule has 0 spiro atoms. The molecule has 0 aliphatic rings. The molecule has 1 aromatic carbocycles. The zero-order valence-corrected chi connectivity index (χ0v) is 13.5. The summed E-state index contributed by atoms with van der Waals surface area (Å²) >= 11 is 2.28. The van der Waals surface area contributed by atoms with Crippen LogP contribution in [0.15, 0.2) is 24.3 Å². The molecule has 0 heterocycles. The van der Waals surface area contributed by atoms with Crippen LogP contribution in [0.4, 0.5) is 0 Å². The fourth-order valence-corrected chi connectivity index (χ4v) is 1.71. The molecule has 0 saturated carbocycles. The predicted octanol–water partition coefficient (Wildman–Crippen LogP) is 3.07. The topological polar surface area (TPSA) is 30.5 Å². The molecule has 0 fully saturated rings. The van der Waals surface area contributed by atoms with E-state index >= 15 is 0 Å². The number of hydrogen-bond acceptors (Lipinski definition) is 3. The first-order chi connectivity index (χ1) is 8.47. The lowest BCUT2D eigenvalue weighted by Gasteiger charge is -2.20. The second kappa shape index (κ2) is 7.96. The Morgan fingerprint density at radius 3 is 2.33 bits per heavy atom. The van der Waals surface area contributed by atoms with Crippen LogP contribution in [0.1, 0.15) is 20.8 Å². The summed E-state index contributed by atoms with van der Waals surface area (Å²) in [6.45, 7) is 9.24. The van der Waals surface area contributed by atoms with Crippen LogP contribution >= 0.6 is 22.6 Å². The van der Waals surface area contributed by atoms with Crippen LogP contribution in [0, 0.1) is 3.57 Å². The highest BCUT2D eigenvalue weighted by atomic mass is 127. The molecule has 3 nitrogen and oxygen atoms in total. The Bertz CT molecular complexity index is 333. The highest BCUT2D eigenvalue weighted by Gasteiger charge is 2.06. The van der Waals surface area contributed by atoms with Gasteiger partial charge in [-0.1, -0.05) is 0 Å². The molecule has 0 atom stereocenters. The van der Waals surface area contributed by atoms with E-state index in [1.54, 1.807) is 0 Å². The van der Waals surface area contributed by atoms with Gasteiger partial charge in [-0.15, -0.1) is 0 Å². The van der Waals surface area contributed by atoms with Crippen molar-refractivity contribution in [3.63, 3.8) is 0 Å². The Morgan fingerprint density at radius 2 is 1.72 bits per heavy atom. The summed E-state index contributed by atoms with van der Waals surface area (Å²) in [5, 5.41) is 3.37. The first-order valence-corrected chi connectivity index (χ1v) is 7.26. The summed E-state index contributed by atoms with van der Waals surface area (Å²) in [6.07, 6.45) is 0. The van der Waals surface area contributed by atoms with Crippen molar-refractivity contribution in [1.82, 2.24) is 5.32 Å². The van der Waals surface area contributed by atoms with E-state index in [4.69, 9.17) is 9.47 Å². The summed E-state index contributed by atoms with van der Waals surface area (Å²) in [5.41, 5.74) is 0.154. The summed E-state index contributed by atoms with van der Waals surface area (Å²) in [6, 6.07) is 8.01. The number of halogens is 1. The molecule has 0 aliphatic carbocycles. The predicted molar refractivity (Wildman–Crippen MR) is 83.2 cm³/mol. The van der Waals surface area contributed by atoms with E-state index in [0.717, 1.165) is 12.3 Å². The van der Waals surface area contributed by atoms with Crippen molar-refractivity contribution in [3.8, 4) is 5.75 Å². The van der Waals surface area contributed by atoms with E-state index in [1.165, 1.54) is 3.57 Å². The quantitative estimate of drug-likeness (QED) is 0.597. The maximum Gasteiger partial charge on any atom is 0.119 e. The van der Waals surface area contributed by atoms with Crippen molar-refractivity contribution in [2.75, 3.05) is 26.4 Å². The second-order valence-electron chi connectivity index (χ2n) is 5.09. The van der Waals surface area contributed by atoms with Crippen molar-refractivity contribution in [3.05, 3.63) is 27.8 Å². The molecule has 0 saturated heterocycles. The Balaban J connectivity index is 2.00. The van der Waals surface area contributed by atoms with E-state index in [0.29, 0.717) is 19.8 Å². The first-order valence-electron chi connectivity index (χ1n) is 6.18. The van der Waals surface area contributed by atoms with E-state index in [-0.39, 0.29) is 5.54 Å². The van der Waals surface area contributed by atoms with Crippen molar-refractivity contribution < 1.29 is 9.47 Å². The third-order valence-electron chi connectivity index (χ3n) is 2.21. The summed E-state index contributed by atoms with van der Waals surface area (Å²) in [7, 11) is 0. The van der Waals surface area contributed by atoms with Gasteiger partial charge in [-0.25, -0.2) is 0 Å². The number of hydrogen-bond donors (Lipinski definition) is 1. The molecule has 0 radical (unpaired) electrons. The normalized spacial score (nSPS) is 11.6. The largest absolute Gasteiger partial charge is 0.491 e. The molecule has 1 aromatic rings. The molecule has 0 aliphatic heterocycles. The average Bonchev–Trinajstić information content (AvgIpc) is 2.29. The molecule has 18 heavy (non-hydrogen) atoms. The van der Waals surface area contributed by atoms with Crippen LogP contribution in [-0.2, 0) is 4.74 Å². The van der Waals surface area contributed by atoms with Gasteiger partial charge in [0.25, 0.3) is 0 Å². The van der Waals surface area contributed by atoms with Gasteiger partial charge in [0.15, 0.2) is 0 Å². The van der Waals surface area contributed by atoms with Crippen LogP contribution in [0.3, 0.4) is 0 Å². The average molecular weight is 363 g/mol. The molecule has 0 aromatic heterocycles. The van der Waals surface area contributed by atoms with Gasteiger partial charge in [-0.2, -0.15) is 0 Å². The van der Waals surface area contributed by atoms with Gasteiger partial charge in [0.1, 0.15) is 12.4 Å². The van der Waals surface area contributed by atoms with Crippen LogP contribution < -0.4 is 10.1 Å². The summed E-state index contributed by atoms with van der Waals surface area (Å²) in [5.74, 6) is 0.895. The molecule has 1 rings (SSSR count). The van der Waals surface area contributed by atoms with Gasteiger partial charge in [0.05, 0.1) is 13.2 Å². The summed E-state index contributed by atoms with van der Waals surface area (Å²) in [4.78, 5) is 0.